The zero-order valence-electron chi connectivity index (χ0n) is 12.0. The predicted octanol–water partition coefficient (Wildman–Crippen LogP) is 2.89. The fourth-order valence-corrected chi connectivity index (χ4v) is 3.19. The molecule has 0 spiro atoms. The van der Waals surface area contributed by atoms with Crippen molar-refractivity contribution >= 4 is 0 Å². The van der Waals surface area contributed by atoms with E-state index < -0.39 is 0 Å². The molecule has 0 aromatic carbocycles. The Morgan fingerprint density at radius 3 is 2.65 bits per heavy atom. The van der Waals surface area contributed by atoms with Crippen molar-refractivity contribution in [1.82, 2.24) is 10.2 Å². The highest BCUT2D eigenvalue weighted by Crippen LogP contribution is 2.52. The van der Waals surface area contributed by atoms with Crippen LogP contribution in [0.4, 0.5) is 0 Å². The fourth-order valence-electron chi connectivity index (χ4n) is 3.19. The fraction of sp³-hybridized carbons (Fsp3) is 1.00. The standard InChI is InChI=1S/C15H30N2/c1-4-14-6-11-17(10-5-9-16-14)12-15(7-8-15)13(2)3/h13-14,16H,4-12H2,1-3H3. The molecule has 1 heterocycles. The summed E-state index contributed by atoms with van der Waals surface area (Å²) < 4.78 is 0. The third-order valence-corrected chi connectivity index (χ3v) is 5.03. The van der Waals surface area contributed by atoms with Gasteiger partial charge in [0.05, 0.1) is 0 Å². The smallest absolute Gasteiger partial charge is 0.00766 e. The van der Waals surface area contributed by atoms with E-state index in [1.165, 1.54) is 58.3 Å². The zero-order valence-corrected chi connectivity index (χ0v) is 12.0. The molecule has 1 unspecified atom stereocenters. The summed E-state index contributed by atoms with van der Waals surface area (Å²) in [5, 5.41) is 3.67. The van der Waals surface area contributed by atoms with Gasteiger partial charge in [0, 0.05) is 12.6 Å². The van der Waals surface area contributed by atoms with Gasteiger partial charge in [-0.25, -0.2) is 0 Å². The van der Waals surface area contributed by atoms with Crippen molar-refractivity contribution in [1.29, 1.82) is 0 Å². The molecule has 1 atom stereocenters. The van der Waals surface area contributed by atoms with Crippen molar-refractivity contribution in [3.8, 4) is 0 Å². The number of nitrogens with one attached hydrogen (secondary N) is 1. The Morgan fingerprint density at radius 1 is 1.29 bits per heavy atom. The first-order chi connectivity index (χ1) is 8.16. The van der Waals surface area contributed by atoms with E-state index >= 15 is 0 Å². The molecule has 2 aliphatic rings. The van der Waals surface area contributed by atoms with Crippen molar-refractivity contribution in [2.75, 3.05) is 26.2 Å². The van der Waals surface area contributed by atoms with Crippen LogP contribution in [0.5, 0.6) is 0 Å². The maximum absolute atomic E-state index is 3.67. The summed E-state index contributed by atoms with van der Waals surface area (Å²) in [6.07, 6.45) is 6.88. The van der Waals surface area contributed by atoms with Gasteiger partial charge in [-0.2, -0.15) is 0 Å². The van der Waals surface area contributed by atoms with Gasteiger partial charge in [0.1, 0.15) is 0 Å². The Bertz CT molecular complexity index is 233. The summed E-state index contributed by atoms with van der Waals surface area (Å²) >= 11 is 0. The van der Waals surface area contributed by atoms with E-state index in [1.807, 2.05) is 0 Å². The van der Waals surface area contributed by atoms with E-state index in [1.54, 1.807) is 0 Å². The normalized spacial score (nSPS) is 30.0. The van der Waals surface area contributed by atoms with Gasteiger partial charge in [-0.15, -0.1) is 0 Å². The van der Waals surface area contributed by atoms with Crippen LogP contribution in [0.25, 0.3) is 0 Å². The van der Waals surface area contributed by atoms with Crippen LogP contribution < -0.4 is 5.32 Å². The minimum absolute atomic E-state index is 0.689. The third kappa shape index (κ3) is 3.45. The van der Waals surface area contributed by atoms with Crippen molar-refractivity contribution in [2.24, 2.45) is 11.3 Å². The monoisotopic (exact) mass is 238 g/mol. The van der Waals surface area contributed by atoms with E-state index in [4.69, 9.17) is 0 Å². The SMILES string of the molecule is CCC1CCN(CC2(C(C)C)CC2)CCCN1. The summed E-state index contributed by atoms with van der Waals surface area (Å²) in [7, 11) is 0. The molecule has 1 saturated heterocycles. The average Bonchev–Trinajstić information content (AvgIpc) is 3.04. The highest BCUT2D eigenvalue weighted by atomic mass is 15.1. The van der Waals surface area contributed by atoms with Crippen molar-refractivity contribution < 1.29 is 0 Å². The van der Waals surface area contributed by atoms with Crippen molar-refractivity contribution in [2.45, 2.75) is 58.9 Å². The summed E-state index contributed by atoms with van der Waals surface area (Å²) in [4.78, 5) is 2.75. The van der Waals surface area contributed by atoms with E-state index in [2.05, 4.69) is 31.0 Å². The van der Waals surface area contributed by atoms with Gasteiger partial charge in [-0.1, -0.05) is 20.8 Å². The molecular formula is C15H30N2. The predicted molar refractivity (Wildman–Crippen MR) is 74.3 cm³/mol. The Kier molecular flexibility index (Phi) is 4.48. The van der Waals surface area contributed by atoms with Gasteiger partial charge in [-0.05, 0) is 63.1 Å². The maximum atomic E-state index is 3.67. The van der Waals surface area contributed by atoms with Crippen LogP contribution >= 0.6 is 0 Å². The van der Waals surface area contributed by atoms with Crippen molar-refractivity contribution in [3.05, 3.63) is 0 Å². The van der Waals surface area contributed by atoms with Crippen LogP contribution in [0.2, 0.25) is 0 Å². The molecule has 1 saturated carbocycles. The molecule has 0 aromatic heterocycles. The maximum Gasteiger partial charge on any atom is 0.00766 e. The van der Waals surface area contributed by atoms with Crippen LogP contribution in [0.3, 0.4) is 0 Å². The number of hydrogen-bond acceptors (Lipinski definition) is 2. The second kappa shape index (κ2) is 5.71. The summed E-state index contributed by atoms with van der Waals surface area (Å²) in [6, 6.07) is 0.756. The Labute approximate surface area is 107 Å². The van der Waals surface area contributed by atoms with Crippen LogP contribution in [0, 0.1) is 11.3 Å². The van der Waals surface area contributed by atoms with E-state index in [-0.39, 0.29) is 0 Å². The van der Waals surface area contributed by atoms with Crippen molar-refractivity contribution in [3.63, 3.8) is 0 Å². The van der Waals surface area contributed by atoms with E-state index in [0.29, 0.717) is 5.41 Å². The van der Waals surface area contributed by atoms with Gasteiger partial charge in [0.2, 0.25) is 0 Å². The molecule has 2 fully saturated rings. The largest absolute Gasteiger partial charge is 0.314 e. The Balaban J connectivity index is 1.83. The molecule has 0 aromatic rings. The van der Waals surface area contributed by atoms with Gasteiger partial charge in [0.25, 0.3) is 0 Å². The third-order valence-electron chi connectivity index (χ3n) is 5.03. The van der Waals surface area contributed by atoms with E-state index in [0.717, 1.165) is 12.0 Å². The van der Waals surface area contributed by atoms with Gasteiger partial charge in [0.15, 0.2) is 0 Å². The lowest BCUT2D eigenvalue weighted by Crippen LogP contribution is -2.42. The van der Waals surface area contributed by atoms with Gasteiger partial charge < -0.3 is 10.2 Å². The highest BCUT2D eigenvalue weighted by molar-refractivity contribution is 4.98. The Hall–Kier alpha value is -0.0800. The lowest BCUT2D eigenvalue weighted by molar-refractivity contribution is 0.166. The molecule has 0 bridgehead atoms. The van der Waals surface area contributed by atoms with Crippen LogP contribution in [0.1, 0.15) is 52.9 Å². The molecular weight excluding hydrogens is 208 g/mol. The number of rotatable bonds is 4. The zero-order chi connectivity index (χ0) is 12.3. The van der Waals surface area contributed by atoms with Gasteiger partial charge in [-0.3, -0.25) is 0 Å². The molecule has 2 heteroatoms. The summed E-state index contributed by atoms with van der Waals surface area (Å²) in [5.74, 6) is 0.869. The van der Waals surface area contributed by atoms with Crippen LogP contribution in [-0.4, -0.2) is 37.1 Å². The van der Waals surface area contributed by atoms with Crippen LogP contribution in [-0.2, 0) is 0 Å². The topological polar surface area (TPSA) is 15.3 Å². The first-order valence-corrected chi connectivity index (χ1v) is 7.62. The molecule has 1 aliphatic heterocycles. The minimum atomic E-state index is 0.689. The molecule has 0 radical (unpaired) electrons. The molecule has 2 rings (SSSR count). The quantitative estimate of drug-likeness (QED) is 0.810. The summed E-state index contributed by atoms with van der Waals surface area (Å²) in [6.45, 7) is 12.3. The minimum Gasteiger partial charge on any atom is -0.314 e. The number of hydrogen-bond donors (Lipinski definition) is 1. The first-order valence-electron chi connectivity index (χ1n) is 7.62. The number of nitrogens with zero attached hydrogens (tertiary/aromatic N) is 1. The second-order valence-corrected chi connectivity index (χ2v) is 6.49. The first kappa shape index (κ1) is 13.4. The molecule has 1 aliphatic carbocycles. The molecule has 1 N–H and O–H groups in total. The summed E-state index contributed by atoms with van der Waals surface area (Å²) in [5.41, 5.74) is 0.689. The Morgan fingerprint density at radius 2 is 2.06 bits per heavy atom. The lowest BCUT2D eigenvalue weighted by atomic mass is 9.91. The van der Waals surface area contributed by atoms with Crippen LogP contribution in [0.15, 0.2) is 0 Å². The second-order valence-electron chi connectivity index (χ2n) is 6.49. The highest BCUT2D eigenvalue weighted by Gasteiger charge is 2.46. The lowest BCUT2D eigenvalue weighted by Gasteiger charge is -2.33. The van der Waals surface area contributed by atoms with E-state index in [9.17, 15) is 0 Å². The molecule has 100 valence electrons. The molecule has 0 amide bonds. The average molecular weight is 238 g/mol. The van der Waals surface area contributed by atoms with Gasteiger partial charge >= 0.3 is 0 Å². The molecule has 2 nitrogen and oxygen atoms in total. The molecule has 17 heavy (non-hydrogen) atoms.